The van der Waals surface area contributed by atoms with Crippen molar-refractivity contribution in [3.05, 3.63) is 63.6 Å². The first-order valence-corrected chi connectivity index (χ1v) is 7.55. The first-order valence-electron chi connectivity index (χ1n) is 6.75. The Labute approximate surface area is 138 Å². The van der Waals surface area contributed by atoms with Crippen LogP contribution in [0.3, 0.4) is 0 Å². The molecule has 0 aliphatic carbocycles. The monoisotopic (exact) mass is 360 g/mol. The second-order valence-corrected chi connectivity index (χ2v) is 5.65. The molecule has 0 saturated carbocycles. The summed E-state index contributed by atoms with van der Waals surface area (Å²) in [6, 6.07) is 11.4. The summed E-state index contributed by atoms with van der Waals surface area (Å²) >= 11 is 3.40. The van der Waals surface area contributed by atoms with Gasteiger partial charge in [0.05, 0.1) is 14.2 Å². The number of allylic oxidation sites excluding steroid dienone is 1. The number of hydrogen-bond acceptors (Lipinski definition) is 3. The van der Waals surface area contributed by atoms with Crippen LogP contribution in [0.1, 0.15) is 21.5 Å². The van der Waals surface area contributed by atoms with Gasteiger partial charge in [-0.1, -0.05) is 35.9 Å². The Morgan fingerprint density at radius 1 is 1.05 bits per heavy atom. The zero-order valence-electron chi connectivity index (χ0n) is 12.7. The van der Waals surface area contributed by atoms with E-state index in [2.05, 4.69) is 15.9 Å². The molecule has 0 aliphatic rings. The number of ether oxygens (including phenoxy) is 2. The van der Waals surface area contributed by atoms with Crippen LogP contribution in [0.4, 0.5) is 0 Å². The SMILES string of the molecule is COc1cc(Br)c(C(=O)C=Cc2ccc(C)cc2)cc1OC. The highest BCUT2D eigenvalue weighted by molar-refractivity contribution is 9.10. The Hall–Kier alpha value is -2.07. The van der Waals surface area contributed by atoms with Gasteiger partial charge in [0.1, 0.15) is 0 Å². The summed E-state index contributed by atoms with van der Waals surface area (Å²) in [5.74, 6) is 1.000. The van der Waals surface area contributed by atoms with Crippen LogP contribution in [-0.4, -0.2) is 20.0 Å². The van der Waals surface area contributed by atoms with Crippen LogP contribution in [0.15, 0.2) is 46.9 Å². The maximum Gasteiger partial charge on any atom is 0.187 e. The standard InChI is InChI=1S/C18H17BrO3/c1-12-4-6-13(7-5-12)8-9-16(20)14-10-17(21-2)18(22-3)11-15(14)19/h4-11H,1-3H3. The Morgan fingerprint density at radius 3 is 2.23 bits per heavy atom. The lowest BCUT2D eigenvalue weighted by molar-refractivity contribution is 0.104. The molecule has 0 spiro atoms. The number of aryl methyl sites for hydroxylation is 1. The highest BCUT2D eigenvalue weighted by Gasteiger charge is 2.13. The molecule has 2 aromatic rings. The van der Waals surface area contributed by atoms with E-state index in [0.717, 1.165) is 5.56 Å². The number of ketones is 1. The number of benzene rings is 2. The Morgan fingerprint density at radius 2 is 1.64 bits per heavy atom. The molecule has 0 saturated heterocycles. The molecule has 0 atom stereocenters. The third-order valence-electron chi connectivity index (χ3n) is 3.24. The summed E-state index contributed by atoms with van der Waals surface area (Å²) in [5, 5.41) is 0. The van der Waals surface area contributed by atoms with Crippen LogP contribution in [0.25, 0.3) is 6.08 Å². The highest BCUT2D eigenvalue weighted by Crippen LogP contribution is 2.33. The molecule has 3 nitrogen and oxygen atoms in total. The zero-order valence-corrected chi connectivity index (χ0v) is 14.3. The van der Waals surface area contributed by atoms with E-state index < -0.39 is 0 Å². The third kappa shape index (κ3) is 3.77. The van der Waals surface area contributed by atoms with Gasteiger partial charge in [0.2, 0.25) is 0 Å². The molecule has 0 bridgehead atoms. The lowest BCUT2D eigenvalue weighted by Gasteiger charge is -2.10. The van der Waals surface area contributed by atoms with E-state index in [1.54, 1.807) is 38.5 Å². The van der Waals surface area contributed by atoms with Crippen LogP contribution in [0.2, 0.25) is 0 Å². The van der Waals surface area contributed by atoms with Crippen LogP contribution in [-0.2, 0) is 0 Å². The average Bonchev–Trinajstić information content (AvgIpc) is 2.53. The smallest absolute Gasteiger partial charge is 0.187 e. The van der Waals surface area contributed by atoms with Crippen LogP contribution in [0.5, 0.6) is 11.5 Å². The molecule has 0 aliphatic heterocycles. The molecule has 0 heterocycles. The maximum atomic E-state index is 12.4. The number of rotatable bonds is 5. The summed E-state index contributed by atoms with van der Waals surface area (Å²) < 4.78 is 11.1. The fourth-order valence-corrected chi connectivity index (χ4v) is 2.50. The molecule has 0 N–H and O–H groups in total. The average molecular weight is 361 g/mol. The minimum Gasteiger partial charge on any atom is -0.493 e. The van der Waals surface area contributed by atoms with Gasteiger partial charge < -0.3 is 9.47 Å². The minimum atomic E-state index is -0.103. The number of carbonyl (C=O) groups excluding carboxylic acids is 1. The molecule has 0 amide bonds. The molecular weight excluding hydrogens is 344 g/mol. The van der Waals surface area contributed by atoms with Crippen molar-refractivity contribution in [2.75, 3.05) is 14.2 Å². The summed E-state index contributed by atoms with van der Waals surface area (Å²) in [6.07, 6.45) is 3.35. The van der Waals surface area contributed by atoms with Crippen molar-refractivity contribution in [2.24, 2.45) is 0 Å². The summed E-state index contributed by atoms with van der Waals surface area (Å²) in [4.78, 5) is 12.4. The van der Waals surface area contributed by atoms with Gasteiger partial charge in [0, 0.05) is 10.0 Å². The van der Waals surface area contributed by atoms with Crippen molar-refractivity contribution < 1.29 is 14.3 Å². The molecule has 22 heavy (non-hydrogen) atoms. The normalized spacial score (nSPS) is 10.7. The topological polar surface area (TPSA) is 35.5 Å². The lowest BCUT2D eigenvalue weighted by Crippen LogP contribution is -1.99. The number of halogens is 1. The van der Waals surface area contributed by atoms with E-state index in [1.165, 1.54) is 5.56 Å². The van der Waals surface area contributed by atoms with E-state index in [0.29, 0.717) is 21.5 Å². The summed E-state index contributed by atoms with van der Waals surface area (Å²) in [5.41, 5.74) is 2.70. The van der Waals surface area contributed by atoms with Gasteiger partial charge in [-0.25, -0.2) is 0 Å². The third-order valence-corrected chi connectivity index (χ3v) is 3.90. The predicted octanol–water partition coefficient (Wildman–Crippen LogP) is 4.67. The number of hydrogen-bond donors (Lipinski definition) is 0. The second kappa shape index (κ2) is 7.27. The van der Waals surface area contributed by atoms with E-state index in [9.17, 15) is 4.79 Å². The predicted molar refractivity (Wildman–Crippen MR) is 91.8 cm³/mol. The Bertz CT molecular complexity index is 703. The number of carbonyl (C=O) groups is 1. The fourth-order valence-electron chi connectivity index (χ4n) is 1.98. The van der Waals surface area contributed by atoms with Crippen molar-refractivity contribution in [3.63, 3.8) is 0 Å². The first-order chi connectivity index (χ1) is 10.5. The molecule has 0 radical (unpaired) electrons. The van der Waals surface area contributed by atoms with Crippen molar-refractivity contribution in [1.29, 1.82) is 0 Å². The van der Waals surface area contributed by atoms with Crippen LogP contribution >= 0.6 is 15.9 Å². The van der Waals surface area contributed by atoms with Crippen molar-refractivity contribution in [2.45, 2.75) is 6.92 Å². The van der Waals surface area contributed by atoms with Gasteiger partial charge in [-0.3, -0.25) is 4.79 Å². The molecule has 2 rings (SSSR count). The van der Waals surface area contributed by atoms with Gasteiger partial charge in [-0.15, -0.1) is 0 Å². The van der Waals surface area contributed by atoms with Crippen molar-refractivity contribution in [1.82, 2.24) is 0 Å². The van der Waals surface area contributed by atoms with Crippen LogP contribution < -0.4 is 9.47 Å². The highest BCUT2D eigenvalue weighted by atomic mass is 79.9. The fraction of sp³-hybridized carbons (Fsp3) is 0.167. The molecule has 0 aromatic heterocycles. The molecule has 2 aromatic carbocycles. The molecular formula is C18H17BrO3. The molecule has 4 heteroatoms. The van der Waals surface area contributed by atoms with Crippen LogP contribution in [0, 0.1) is 6.92 Å². The van der Waals surface area contributed by atoms with Gasteiger partial charge >= 0.3 is 0 Å². The Balaban J connectivity index is 2.27. The van der Waals surface area contributed by atoms with E-state index in [4.69, 9.17) is 9.47 Å². The van der Waals surface area contributed by atoms with E-state index >= 15 is 0 Å². The van der Waals surface area contributed by atoms with Gasteiger partial charge in [-0.05, 0) is 46.6 Å². The largest absolute Gasteiger partial charge is 0.493 e. The van der Waals surface area contributed by atoms with Gasteiger partial charge in [0.15, 0.2) is 17.3 Å². The first kappa shape index (κ1) is 16.3. The quantitative estimate of drug-likeness (QED) is 0.574. The van der Waals surface area contributed by atoms with E-state index in [1.807, 2.05) is 31.2 Å². The summed E-state index contributed by atoms with van der Waals surface area (Å²) in [6.45, 7) is 2.03. The van der Waals surface area contributed by atoms with E-state index in [-0.39, 0.29) is 5.78 Å². The molecule has 0 fully saturated rings. The van der Waals surface area contributed by atoms with Gasteiger partial charge in [0.25, 0.3) is 0 Å². The maximum absolute atomic E-state index is 12.4. The Kier molecular flexibility index (Phi) is 5.39. The minimum absolute atomic E-state index is 0.103. The molecule has 0 unspecified atom stereocenters. The van der Waals surface area contributed by atoms with Crippen molar-refractivity contribution in [3.8, 4) is 11.5 Å². The number of methoxy groups -OCH3 is 2. The summed E-state index contributed by atoms with van der Waals surface area (Å²) in [7, 11) is 3.10. The lowest BCUT2D eigenvalue weighted by atomic mass is 10.1. The molecule has 114 valence electrons. The van der Waals surface area contributed by atoms with Gasteiger partial charge in [-0.2, -0.15) is 0 Å². The zero-order chi connectivity index (χ0) is 16.1. The second-order valence-electron chi connectivity index (χ2n) is 4.80. The van der Waals surface area contributed by atoms with Crippen molar-refractivity contribution >= 4 is 27.8 Å².